The molecule has 1 aromatic carbocycles. The Morgan fingerprint density at radius 1 is 1.32 bits per heavy atom. The summed E-state index contributed by atoms with van der Waals surface area (Å²) in [6.07, 6.45) is 1.73. The van der Waals surface area contributed by atoms with Crippen molar-refractivity contribution >= 4 is 23.4 Å². The molecule has 4 nitrogen and oxygen atoms in total. The molecular weight excluding hydrogens is 307 g/mol. The van der Waals surface area contributed by atoms with Gasteiger partial charge in [0, 0.05) is 19.1 Å². The molecule has 6 heteroatoms. The van der Waals surface area contributed by atoms with Gasteiger partial charge in [-0.15, -0.1) is 11.6 Å². The predicted octanol–water partition coefficient (Wildman–Crippen LogP) is 2.10. The maximum absolute atomic E-state index is 12.8. The minimum Gasteiger partial charge on any atom is -0.352 e. The third kappa shape index (κ3) is 4.70. The molecule has 0 aromatic heterocycles. The normalized spacial score (nSPS) is 17.1. The van der Waals surface area contributed by atoms with E-state index in [2.05, 4.69) is 5.32 Å². The number of hydrogen-bond donors (Lipinski definition) is 1. The number of benzene rings is 1. The molecule has 2 rings (SSSR count). The number of amides is 2. The van der Waals surface area contributed by atoms with Gasteiger partial charge in [0.1, 0.15) is 11.2 Å². The van der Waals surface area contributed by atoms with Crippen molar-refractivity contribution in [1.29, 1.82) is 0 Å². The summed E-state index contributed by atoms with van der Waals surface area (Å²) in [5.74, 6) is -0.443. The smallest absolute Gasteiger partial charge is 0.237 e. The Balaban J connectivity index is 1.79. The third-order valence-corrected chi connectivity index (χ3v) is 4.02. The lowest BCUT2D eigenvalue weighted by Gasteiger charge is -2.32. The van der Waals surface area contributed by atoms with Crippen LogP contribution in [0.5, 0.6) is 0 Å². The van der Waals surface area contributed by atoms with E-state index in [0.29, 0.717) is 13.1 Å². The van der Waals surface area contributed by atoms with Gasteiger partial charge in [-0.25, -0.2) is 4.39 Å². The quantitative estimate of drug-likeness (QED) is 0.861. The minimum absolute atomic E-state index is 0.0297. The lowest BCUT2D eigenvalue weighted by atomic mass is 10.0. The number of carbonyl (C=O) groups is 2. The summed E-state index contributed by atoms with van der Waals surface area (Å²) in [6, 6.07) is 6.04. The summed E-state index contributed by atoms with van der Waals surface area (Å²) in [5.41, 5.74) is 0.804. The second-order valence-electron chi connectivity index (χ2n) is 5.58. The fraction of sp³-hybridized carbons (Fsp3) is 0.500. The first-order valence-electron chi connectivity index (χ1n) is 7.42. The molecule has 1 saturated heterocycles. The van der Waals surface area contributed by atoms with Crippen LogP contribution in [0.15, 0.2) is 24.3 Å². The second kappa shape index (κ2) is 7.58. The van der Waals surface area contributed by atoms with Crippen molar-refractivity contribution in [3.8, 4) is 0 Å². The molecule has 0 spiro atoms. The molecular formula is C16H20ClFN2O2. The van der Waals surface area contributed by atoms with Gasteiger partial charge in [0.15, 0.2) is 0 Å². The fourth-order valence-electron chi connectivity index (χ4n) is 2.48. The van der Waals surface area contributed by atoms with Gasteiger partial charge in [-0.2, -0.15) is 0 Å². The van der Waals surface area contributed by atoms with Crippen molar-refractivity contribution in [2.24, 2.45) is 0 Å². The molecule has 1 fully saturated rings. The molecule has 0 saturated carbocycles. The van der Waals surface area contributed by atoms with E-state index < -0.39 is 5.38 Å². The number of likely N-dealkylation sites (tertiary alicyclic amines) is 1. The monoisotopic (exact) mass is 326 g/mol. The van der Waals surface area contributed by atoms with Crippen LogP contribution in [0.2, 0.25) is 0 Å². The second-order valence-corrected chi connectivity index (χ2v) is 6.24. The van der Waals surface area contributed by atoms with Crippen molar-refractivity contribution in [3.63, 3.8) is 0 Å². The largest absolute Gasteiger partial charge is 0.352 e. The molecule has 1 N–H and O–H groups in total. The van der Waals surface area contributed by atoms with E-state index >= 15 is 0 Å². The van der Waals surface area contributed by atoms with Crippen LogP contribution < -0.4 is 5.32 Å². The van der Waals surface area contributed by atoms with Gasteiger partial charge < -0.3 is 10.2 Å². The first-order chi connectivity index (χ1) is 10.5. The first-order valence-corrected chi connectivity index (χ1v) is 7.86. The molecule has 22 heavy (non-hydrogen) atoms. The zero-order valence-electron chi connectivity index (χ0n) is 12.5. The Morgan fingerprint density at radius 2 is 1.91 bits per heavy atom. The number of halogens is 2. The molecule has 1 aliphatic rings. The number of piperidine rings is 1. The number of hydrogen-bond acceptors (Lipinski definition) is 2. The molecule has 0 bridgehead atoms. The van der Waals surface area contributed by atoms with Crippen molar-refractivity contribution in [2.45, 2.75) is 37.6 Å². The van der Waals surface area contributed by atoms with E-state index in [1.807, 2.05) is 0 Å². The van der Waals surface area contributed by atoms with E-state index in [0.717, 1.165) is 18.4 Å². The summed E-state index contributed by atoms with van der Waals surface area (Å²) in [6.45, 7) is 2.86. The average Bonchev–Trinajstić information content (AvgIpc) is 2.50. The van der Waals surface area contributed by atoms with Crippen LogP contribution in [0.4, 0.5) is 4.39 Å². The Bertz CT molecular complexity index is 525. The van der Waals surface area contributed by atoms with Gasteiger partial charge in [-0.3, -0.25) is 9.59 Å². The lowest BCUT2D eigenvalue weighted by molar-refractivity contribution is -0.131. The number of nitrogens with one attached hydrogen (secondary N) is 1. The van der Waals surface area contributed by atoms with E-state index in [4.69, 9.17) is 11.6 Å². The highest BCUT2D eigenvalue weighted by Gasteiger charge is 2.24. The molecule has 120 valence electrons. The third-order valence-electron chi connectivity index (χ3n) is 3.82. The van der Waals surface area contributed by atoms with Gasteiger partial charge in [0.05, 0.1) is 6.42 Å². The van der Waals surface area contributed by atoms with Crippen LogP contribution in [-0.2, 0) is 16.0 Å². The molecule has 0 radical (unpaired) electrons. The Hall–Kier alpha value is -1.62. The van der Waals surface area contributed by atoms with Crippen LogP contribution in [0.1, 0.15) is 25.3 Å². The van der Waals surface area contributed by atoms with Gasteiger partial charge in [0.2, 0.25) is 11.8 Å². The number of nitrogens with zero attached hydrogens (tertiary/aromatic N) is 1. The van der Waals surface area contributed by atoms with E-state index in [1.54, 1.807) is 24.0 Å². The minimum atomic E-state index is -0.543. The van der Waals surface area contributed by atoms with E-state index in [9.17, 15) is 14.0 Å². The number of alkyl halides is 1. The van der Waals surface area contributed by atoms with Crippen molar-refractivity contribution in [1.82, 2.24) is 10.2 Å². The summed E-state index contributed by atoms with van der Waals surface area (Å²) >= 11 is 5.72. The SMILES string of the molecule is CC(Cl)C(=O)NC1CCN(C(=O)Cc2ccc(F)cc2)CC1. The molecule has 1 aliphatic heterocycles. The molecule has 1 heterocycles. The molecule has 1 aromatic rings. The van der Waals surface area contributed by atoms with Crippen molar-refractivity contribution < 1.29 is 14.0 Å². The van der Waals surface area contributed by atoms with Crippen LogP contribution in [0.3, 0.4) is 0 Å². The lowest BCUT2D eigenvalue weighted by Crippen LogP contribution is -2.48. The highest BCUT2D eigenvalue weighted by Crippen LogP contribution is 2.13. The van der Waals surface area contributed by atoms with Gasteiger partial charge in [-0.05, 0) is 37.5 Å². The van der Waals surface area contributed by atoms with E-state index in [1.165, 1.54) is 12.1 Å². The molecule has 0 aliphatic carbocycles. The number of rotatable bonds is 4. The summed E-state index contributed by atoms with van der Waals surface area (Å²) < 4.78 is 12.8. The Morgan fingerprint density at radius 3 is 2.45 bits per heavy atom. The van der Waals surface area contributed by atoms with Crippen LogP contribution in [-0.4, -0.2) is 41.2 Å². The summed E-state index contributed by atoms with van der Waals surface area (Å²) in [5, 5.41) is 2.34. The maximum Gasteiger partial charge on any atom is 0.237 e. The summed E-state index contributed by atoms with van der Waals surface area (Å²) in [7, 11) is 0. The highest BCUT2D eigenvalue weighted by molar-refractivity contribution is 6.30. The van der Waals surface area contributed by atoms with Crippen LogP contribution in [0.25, 0.3) is 0 Å². The molecule has 1 atom stereocenters. The van der Waals surface area contributed by atoms with Crippen LogP contribution >= 0.6 is 11.6 Å². The average molecular weight is 327 g/mol. The van der Waals surface area contributed by atoms with Crippen molar-refractivity contribution in [2.75, 3.05) is 13.1 Å². The fourth-order valence-corrected chi connectivity index (χ4v) is 2.54. The Labute approximate surface area is 134 Å². The zero-order valence-corrected chi connectivity index (χ0v) is 13.3. The first kappa shape index (κ1) is 16.7. The molecule has 1 unspecified atom stereocenters. The van der Waals surface area contributed by atoms with E-state index in [-0.39, 0.29) is 30.1 Å². The van der Waals surface area contributed by atoms with Gasteiger partial charge in [0.25, 0.3) is 0 Å². The highest BCUT2D eigenvalue weighted by atomic mass is 35.5. The van der Waals surface area contributed by atoms with Crippen LogP contribution in [0, 0.1) is 5.82 Å². The van der Waals surface area contributed by atoms with Gasteiger partial charge >= 0.3 is 0 Å². The van der Waals surface area contributed by atoms with Gasteiger partial charge in [-0.1, -0.05) is 12.1 Å². The topological polar surface area (TPSA) is 49.4 Å². The maximum atomic E-state index is 12.8. The zero-order chi connectivity index (χ0) is 16.1. The standard InChI is InChI=1S/C16H20ClFN2O2/c1-11(17)16(22)19-14-6-8-20(9-7-14)15(21)10-12-2-4-13(18)5-3-12/h2-5,11,14H,6-10H2,1H3,(H,19,22). The summed E-state index contributed by atoms with van der Waals surface area (Å²) in [4.78, 5) is 25.5. The number of carbonyl (C=O) groups excluding carboxylic acids is 2. The predicted molar refractivity (Wildman–Crippen MR) is 83.2 cm³/mol. The Kier molecular flexibility index (Phi) is 5.77. The molecule has 2 amide bonds. The van der Waals surface area contributed by atoms with Crippen molar-refractivity contribution in [3.05, 3.63) is 35.6 Å².